The third kappa shape index (κ3) is 4.36. The zero-order chi connectivity index (χ0) is 17.8. The van der Waals surface area contributed by atoms with Gasteiger partial charge in [-0.15, -0.1) is 0 Å². The van der Waals surface area contributed by atoms with E-state index in [9.17, 15) is 9.59 Å². The van der Waals surface area contributed by atoms with Crippen LogP contribution in [0.25, 0.3) is 0 Å². The van der Waals surface area contributed by atoms with Crippen molar-refractivity contribution in [2.75, 3.05) is 5.32 Å². The molecule has 0 bridgehead atoms. The number of amides is 1. The van der Waals surface area contributed by atoms with Crippen molar-refractivity contribution in [1.82, 2.24) is 10.2 Å². The Kier molecular flexibility index (Phi) is 5.00. The van der Waals surface area contributed by atoms with Gasteiger partial charge in [-0.25, -0.2) is 5.10 Å². The first-order valence-corrected chi connectivity index (χ1v) is 8.55. The number of aromatic nitrogens is 2. The van der Waals surface area contributed by atoms with Crippen LogP contribution in [0.5, 0.6) is 0 Å². The summed E-state index contributed by atoms with van der Waals surface area (Å²) in [7, 11) is 0. The van der Waals surface area contributed by atoms with Crippen molar-refractivity contribution in [1.29, 1.82) is 0 Å². The minimum Gasteiger partial charge on any atom is -0.321 e. The van der Waals surface area contributed by atoms with Gasteiger partial charge in [0.05, 0.1) is 0 Å². The first kappa shape index (κ1) is 17.0. The van der Waals surface area contributed by atoms with Gasteiger partial charge in [0, 0.05) is 21.5 Å². The van der Waals surface area contributed by atoms with E-state index < -0.39 is 0 Å². The van der Waals surface area contributed by atoms with Crippen molar-refractivity contribution >= 4 is 23.4 Å². The van der Waals surface area contributed by atoms with Crippen LogP contribution in [0, 0.1) is 13.8 Å². The van der Waals surface area contributed by atoms with E-state index in [-0.39, 0.29) is 17.2 Å². The Bertz CT molecular complexity index is 945. The lowest BCUT2D eigenvalue weighted by molar-refractivity contribution is 0.102. The highest BCUT2D eigenvalue weighted by Crippen LogP contribution is 2.31. The lowest BCUT2D eigenvalue weighted by Gasteiger charge is -2.08. The van der Waals surface area contributed by atoms with Crippen LogP contribution in [0.4, 0.5) is 5.69 Å². The fourth-order valence-corrected chi connectivity index (χ4v) is 3.22. The molecular formula is C19H17N3O2S. The van der Waals surface area contributed by atoms with Crippen molar-refractivity contribution in [3.8, 4) is 0 Å². The lowest BCUT2D eigenvalue weighted by atomic mass is 10.2. The van der Waals surface area contributed by atoms with Crippen molar-refractivity contribution in [3.05, 3.63) is 81.8 Å². The second-order valence-corrected chi connectivity index (χ2v) is 6.77. The van der Waals surface area contributed by atoms with E-state index in [1.54, 1.807) is 11.8 Å². The molecule has 1 aromatic heterocycles. The molecule has 2 N–H and O–H groups in total. The summed E-state index contributed by atoms with van der Waals surface area (Å²) in [6.45, 7) is 4.17. The second kappa shape index (κ2) is 7.36. The van der Waals surface area contributed by atoms with Gasteiger partial charge in [-0.05, 0) is 61.4 Å². The Balaban J connectivity index is 1.69. The van der Waals surface area contributed by atoms with Crippen LogP contribution in [0.1, 0.15) is 21.6 Å². The van der Waals surface area contributed by atoms with Gasteiger partial charge in [-0.2, -0.15) is 5.10 Å². The molecule has 0 spiro atoms. The highest BCUT2D eigenvalue weighted by Gasteiger charge is 2.08. The maximum absolute atomic E-state index is 12.1. The number of benzene rings is 2. The number of nitrogens with one attached hydrogen (secondary N) is 2. The molecule has 3 aromatic rings. The fraction of sp³-hybridized carbons (Fsp3) is 0.105. The first-order chi connectivity index (χ1) is 12.0. The van der Waals surface area contributed by atoms with Gasteiger partial charge >= 0.3 is 0 Å². The molecule has 0 aliphatic rings. The largest absolute Gasteiger partial charge is 0.321 e. The van der Waals surface area contributed by atoms with E-state index in [1.807, 2.05) is 24.3 Å². The lowest BCUT2D eigenvalue weighted by Crippen LogP contribution is -2.17. The van der Waals surface area contributed by atoms with Crippen LogP contribution < -0.4 is 10.9 Å². The molecule has 0 fully saturated rings. The number of nitrogens with zero attached hydrogens (tertiary/aromatic N) is 1. The van der Waals surface area contributed by atoms with Crippen molar-refractivity contribution < 1.29 is 4.79 Å². The second-order valence-electron chi connectivity index (χ2n) is 5.66. The van der Waals surface area contributed by atoms with Crippen LogP contribution in [0.15, 0.2) is 69.2 Å². The molecule has 0 aliphatic carbocycles. The molecule has 0 aliphatic heterocycles. The summed E-state index contributed by atoms with van der Waals surface area (Å²) < 4.78 is 0. The number of hydrogen-bond donors (Lipinski definition) is 2. The highest BCUT2D eigenvalue weighted by molar-refractivity contribution is 7.99. The Morgan fingerprint density at radius 3 is 2.48 bits per heavy atom. The van der Waals surface area contributed by atoms with Crippen LogP contribution in [-0.4, -0.2) is 16.1 Å². The zero-order valence-electron chi connectivity index (χ0n) is 13.9. The number of H-pyrrole nitrogens is 1. The molecule has 0 saturated carbocycles. The summed E-state index contributed by atoms with van der Waals surface area (Å²) >= 11 is 1.69. The standard InChI is InChI=1S/C19H17N3O2S/c1-12-3-4-13(2)17(11-12)25-15-7-5-14(6-8-15)20-19(24)16-9-10-18(23)22-21-16/h3-11H,1-2H3,(H,20,24)(H,22,23). The summed E-state index contributed by atoms with van der Waals surface area (Å²) in [5.41, 5.74) is 2.95. The predicted octanol–water partition coefficient (Wildman–Crippen LogP) is 3.79. The molecule has 0 atom stereocenters. The van der Waals surface area contributed by atoms with E-state index in [2.05, 4.69) is 47.6 Å². The highest BCUT2D eigenvalue weighted by atomic mass is 32.2. The van der Waals surface area contributed by atoms with Crippen LogP contribution >= 0.6 is 11.8 Å². The van der Waals surface area contributed by atoms with E-state index in [4.69, 9.17) is 0 Å². The molecule has 0 saturated heterocycles. The van der Waals surface area contributed by atoms with Gasteiger partial charge in [0.25, 0.3) is 11.5 Å². The van der Waals surface area contributed by atoms with E-state index in [1.165, 1.54) is 28.2 Å². The molecule has 3 rings (SSSR count). The zero-order valence-corrected chi connectivity index (χ0v) is 14.7. The Hall–Kier alpha value is -2.86. The van der Waals surface area contributed by atoms with Gasteiger partial charge in [0.15, 0.2) is 0 Å². The smallest absolute Gasteiger partial charge is 0.276 e. The minimum absolute atomic E-state index is 0.161. The van der Waals surface area contributed by atoms with Gasteiger partial charge in [-0.1, -0.05) is 23.9 Å². The number of carbonyl (C=O) groups is 1. The third-order valence-electron chi connectivity index (χ3n) is 3.60. The number of rotatable bonds is 4. The van der Waals surface area contributed by atoms with Crippen LogP contribution in [-0.2, 0) is 0 Å². The van der Waals surface area contributed by atoms with Crippen LogP contribution in [0.3, 0.4) is 0 Å². The molecule has 126 valence electrons. The Labute approximate surface area is 149 Å². The van der Waals surface area contributed by atoms with E-state index >= 15 is 0 Å². The average molecular weight is 351 g/mol. The SMILES string of the molecule is Cc1ccc(C)c(Sc2ccc(NC(=O)c3ccc(=O)[nH]n3)cc2)c1. The quantitative estimate of drug-likeness (QED) is 0.750. The molecule has 25 heavy (non-hydrogen) atoms. The third-order valence-corrected chi connectivity index (χ3v) is 4.76. The summed E-state index contributed by atoms with van der Waals surface area (Å²) in [5.74, 6) is -0.369. The number of carbonyl (C=O) groups excluding carboxylic acids is 1. The number of anilines is 1. The normalized spacial score (nSPS) is 10.5. The Morgan fingerprint density at radius 1 is 1.04 bits per heavy atom. The maximum Gasteiger partial charge on any atom is 0.276 e. The van der Waals surface area contributed by atoms with E-state index in [0.717, 1.165) is 4.90 Å². The summed E-state index contributed by atoms with van der Waals surface area (Å²) in [4.78, 5) is 25.4. The van der Waals surface area contributed by atoms with E-state index in [0.29, 0.717) is 5.69 Å². The fourth-order valence-electron chi connectivity index (χ4n) is 2.22. The monoisotopic (exact) mass is 351 g/mol. The van der Waals surface area contributed by atoms with Gasteiger partial charge < -0.3 is 5.32 Å². The first-order valence-electron chi connectivity index (χ1n) is 7.73. The Morgan fingerprint density at radius 2 is 1.80 bits per heavy atom. The van der Waals surface area contributed by atoms with Crippen molar-refractivity contribution in [2.45, 2.75) is 23.6 Å². The van der Waals surface area contributed by atoms with Gasteiger partial charge in [0.1, 0.15) is 5.69 Å². The molecule has 0 unspecified atom stereocenters. The number of aryl methyl sites for hydroxylation is 2. The maximum atomic E-state index is 12.1. The predicted molar refractivity (Wildman–Crippen MR) is 99.3 cm³/mol. The minimum atomic E-state index is -0.369. The molecule has 1 amide bonds. The van der Waals surface area contributed by atoms with Crippen LogP contribution in [0.2, 0.25) is 0 Å². The van der Waals surface area contributed by atoms with Crippen molar-refractivity contribution in [2.24, 2.45) is 0 Å². The van der Waals surface area contributed by atoms with Crippen molar-refractivity contribution in [3.63, 3.8) is 0 Å². The molecule has 6 heteroatoms. The van der Waals surface area contributed by atoms with Gasteiger partial charge in [0.2, 0.25) is 0 Å². The number of aromatic amines is 1. The molecular weight excluding hydrogens is 334 g/mol. The summed E-state index contributed by atoms with van der Waals surface area (Å²) in [6.07, 6.45) is 0. The molecule has 1 heterocycles. The summed E-state index contributed by atoms with van der Waals surface area (Å²) in [6, 6.07) is 16.6. The molecule has 0 radical (unpaired) electrons. The topological polar surface area (TPSA) is 74.8 Å². The average Bonchev–Trinajstić information content (AvgIpc) is 2.60. The molecule has 2 aromatic carbocycles. The molecule has 5 nitrogen and oxygen atoms in total. The number of hydrogen-bond acceptors (Lipinski definition) is 4. The van der Waals surface area contributed by atoms with Gasteiger partial charge in [-0.3, -0.25) is 9.59 Å². The summed E-state index contributed by atoms with van der Waals surface area (Å²) in [5, 5.41) is 8.71.